The maximum atomic E-state index is 11.0. The lowest BCUT2D eigenvalue weighted by Crippen LogP contribution is -2.47. The van der Waals surface area contributed by atoms with Gasteiger partial charge in [-0.1, -0.05) is 46.5 Å². The third-order valence-corrected chi connectivity index (χ3v) is 7.41. The van der Waals surface area contributed by atoms with E-state index < -0.39 is 0 Å². The average Bonchev–Trinajstić information content (AvgIpc) is 2.63. The number of aliphatic hydroxyl groups is 1. The normalized spacial score (nSPS) is 26.3. The van der Waals surface area contributed by atoms with E-state index in [1.165, 1.54) is 31.2 Å². The highest BCUT2D eigenvalue weighted by atomic mass is 16.5. The van der Waals surface area contributed by atoms with Crippen molar-refractivity contribution in [2.75, 3.05) is 6.61 Å². The summed E-state index contributed by atoms with van der Waals surface area (Å²) in [7, 11) is 0. The van der Waals surface area contributed by atoms with E-state index in [2.05, 4.69) is 40.7 Å². The van der Waals surface area contributed by atoms with Crippen LogP contribution in [0, 0.1) is 11.8 Å². The minimum atomic E-state index is -0.242. The molecule has 0 radical (unpaired) electrons. The second-order valence-corrected chi connectivity index (χ2v) is 10.4. The number of hydrogen-bond donors (Lipinski definition) is 2. The van der Waals surface area contributed by atoms with Gasteiger partial charge in [-0.3, -0.25) is 0 Å². The number of aromatic hydroxyl groups is 1. The molecule has 158 valence electrons. The highest BCUT2D eigenvalue weighted by Gasteiger charge is 2.47. The molecular formula is C25H40O3. The number of rotatable bonds is 7. The van der Waals surface area contributed by atoms with E-state index in [0.717, 1.165) is 37.0 Å². The predicted molar refractivity (Wildman–Crippen MR) is 115 cm³/mol. The summed E-state index contributed by atoms with van der Waals surface area (Å²) in [6, 6.07) is 4.18. The van der Waals surface area contributed by atoms with Crippen molar-refractivity contribution in [3.8, 4) is 11.5 Å². The number of phenolic OH excluding ortho intramolecular Hbond substituents is 1. The van der Waals surface area contributed by atoms with Crippen molar-refractivity contribution in [3.05, 3.63) is 23.3 Å². The Morgan fingerprint density at radius 1 is 1.14 bits per heavy atom. The Morgan fingerprint density at radius 3 is 2.57 bits per heavy atom. The van der Waals surface area contributed by atoms with Crippen LogP contribution in [0.3, 0.4) is 0 Å². The summed E-state index contributed by atoms with van der Waals surface area (Å²) >= 11 is 0. The highest BCUT2D eigenvalue weighted by Crippen LogP contribution is 2.56. The van der Waals surface area contributed by atoms with Gasteiger partial charge in [0.05, 0.1) is 0 Å². The first-order valence-corrected chi connectivity index (χ1v) is 11.4. The third kappa shape index (κ3) is 4.20. The Balaban J connectivity index is 1.91. The second-order valence-electron chi connectivity index (χ2n) is 10.4. The van der Waals surface area contributed by atoms with Gasteiger partial charge >= 0.3 is 0 Å². The van der Waals surface area contributed by atoms with Crippen LogP contribution in [0.5, 0.6) is 11.5 Å². The smallest absolute Gasteiger partial charge is 0.127 e. The van der Waals surface area contributed by atoms with Crippen LogP contribution in [0.25, 0.3) is 0 Å². The minimum Gasteiger partial charge on any atom is -0.508 e. The van der Waals surface area contributed by atoms with Gasteiger partial charge in [-0.15, -0.1) is 0 Å². The summed E-state index contributed by atoms with van der Waals surface area (Å²) in [4.78, 5) is 0. The van der Waals surface area contributed by atoms with Crippen molar-refractivity contribution in [2.45, 2.75) is 103 Å². The summed E-state index contributed by atoms with van der Waals surface area (Å²) in [5.41, 5.74) is 1.93. The van der Waals surface area contributed by atoms with Crippen molar-refractivity contribution in [1.29, 1.82) is 0 Å². The van der Waals surface area contributed by atoms with Gasteiger partial charge in [0, 0.05) is 18.1 Å². The zero-order valence-electron chi connectivity index (χ0n) is 18.6. The molecule has 28 heavy (non-hydrogen) atoms. The van der Waals surface area contributed by atoms with Crippen LogP contribution >= 0.6 is 0 Å². The summed E-state index contributed by atoms with van der Waals surface area (Å²) in [5, 5.41) is 20.7. The number of hydrogen-bond acceptors (Lipinski definition) is 3. The Morgan fingerprint density at radius 2 is 1.89 bits per heavy atom. The van der Waals surface area contributed by atoms with Crippen molar-refractivity contribution >= 4 is 0 Å². The molecule has 3 rings (SSSR count). The Hall–Kier alpha value is -1.22. The molecule has 1 aromatic rings. The van der Waals surface area contributed by atoms with Gasteiger partial charge in [0.2, 0.25) is 0 Å². The van der Waals surface area contributed by atoms with Gasteiger partial charge in [-0.25, -0.2) is 0 Å². The molecule has 1 aromatic carbocycles. The molecule has 1 saturated carbocycles. The van der Waals surface area contributed by atoms with Crippen molar-refractivity contribution in [3.63, 3.8) is 0 Å². The molecule has 0 spiro atoms. The molecule has 0 saturated heterocycles. The maximum absolute atomic E-state index is 11.0. The molecule has 3 heteroatoms. The minimum absolute atomic E-state index is 0.0187. The molecule has 1 heterocycles. The monoisotopic (exact) mass is 388 g/mol. The predicted octanol–water partition coefficient (Wildman–Crippen LogP) is 6.30. The summed E-state index contributed by atoms with van der Waals surface area (Å²) in [6.45, 7) is 11.4. The maximum Gasteiger partial charge on any atom is 0.127 e. The molecule has 1 fully saturated rings. The van der Waals surface area contributed by atoms with E-state index in [-0.39, 0.29) is 23.5 Å². The standard InChI is InChI=1S/C25H40O3/c1-6-7-8-9-12-24(2,3)18-14-21(27)23-19-13-17(16-26)10-11-20(19)25(4,5)28-22(23)15-18/h14-15,17,19-20,26-27H,6-13,16H2,1-5H3/t17-,19?,20+/m0/s1. The van der Waals surface area contributed by atoms with Crippen LogP contribution in [-0.2, 0) is 5.41 Å². The van der Waals surface area contributed by atoms with E-state index in [1.54, 1.807) is 0 Å². The van der Waals surface area contributed by atoms with E-state index >= 15 is 0 Å². The first-order chi connectivity index (χ1) is 13.2. The highest BCUT2D eigenvalue weighted by molar-refractivity contribution is 5.53. The number of ether oxygens (including phenoxy) is 1. The fourth-order valence-corrected chi connectivity index (χ4v) is 5.53. The average molecular weight is 389 g/mol. The second kappa shape index (κ2) is 8.26. The summed E-state index contributed by atoms with van der Waals surface area (Å²) in [5.74, 6) is 2.24. The van der Waals surface area contributed by atoms with E-state index in [4.69, 9.17) is 4.74 Å². The van der Waals surface area contributed by atoms with Gasteiger partial charge in [-0.2, -0.15) is 0 Å². The fraction of sp³-hybridized carbons (Fsp3) is 0.760. The molecule has 2 aliphatic rings. The van der Waals surface area contributed by atoms with Crippen molar-refractivity contribution in [1.82, 2.24) is 0 Å². The first kappa shape index (κ1) is 21.5. The molecule has 2 N–H and O–H groups in total. The van der Waals surface area contributed by atoms with Gasteiger partial charge in [0.15, 0.2) is 0 Å². The molecular weight excluding hydrogens is 348 g/mol. The Kier molecular flexibility index (Phi) is 6.34. The van der Waals surface area contributed by atoms with Crippen LogP contribution in [-0.4, -0.2) is 22.4 Å². The number of phenols is 1. The lowest BCUT2D eigenvalue weighted by molar-refractivity contribution is -0.0211. The number of aliphatic hydroxyl groups excluding tert-OH is 1. The first-order valence-electron chi connectivity index (χ1n) is 11.4. The molecule has 0 amide bonds. The molecule has 1 unspecified atom stereocenters. The van der Waals surface area contributed by atoms with E-state index in [1.807, 2.05) is 6.07 Å². The lowest BCUT2D eigenvalue weighted by Gasteiger charge is -2.49. The third-order valence-electron chi connectivity index (χ3n) is 7.41. The molecule has 3 nitrogen and oxygen atoms in total. The molecule has 1 aliphatic carbocycles. The van der Waals surface area contributed by atoms with E-state index in [0.29, 0.717) is 17.6 Å². The van der Waals surface area contributed by atoms with Crippen molar-refractivity contribution < 1.29 is 14.9 Å². The largest absolute Gasteiger partial charge is 0.508 e. The van der Waals surface area contributed by atoms with Crippen molar-refractivity contribution in [2.24, 2.45) is 11.8 Å². The topological polar surface area (TPSA) is 49.7 Å². The quantitative estimate of drug-likeness (QED) is 0.539. The number of benzene rings is 1. The zero-order valence-corrected chi connectivity index (χ0v) is 18.6. The van der Waals surface area contributed by atoms with Gasteiger partial charge < -0.3 is 14.9 Å². The fourth-order valence-electron chi connectivity index (χ4n) is 5.53. The van der Waals surface area contributed by atoms with Crippen LogP contribution in [0.4, 0.5) is 0 Å². The van der Waals surface area contributed by atoms with Gasteiger partial charge in [0.25, 0.3) is 0 Å². The Bertz CT molecular complexity index is 677. The van der Waals surface area contributed by atoms with Gasteiger partial charge in [0.1, 0.15) is 17.1 Å². The van der Waals surface area contributed by atoms with Gasteiger partial charge in [-0.05, 0) is 74.5 Å². The SMILES string of the molecule is CCCCCCC(C)(C)c1cc(O)c2c(c1)OC(C)(C)[C@@H]1CC[C@H](CO)CC21. The summed E-state index contributed by atoms with van der Waals surface area (Å²) < 4.78 is 6.49. The lowest BCUT2D eigenvalue weighted by atomic mass is 9.63. The molecule has 0 bridgehead atoms. The Labute approximate surface area is 171 Å². The van der Waals surface area contributed by atoms with E-state index in [9.17, 15) is 10.2 Å². The van der Waals surface area contributed by atoms with Crippen LogP contribution in [0.1, 0.15) is 103 Å². The number of unbranched alkanes of at least 4 members (excludes halogenated alkanes) is 3. The molecule has 1 aliphatic heterocycles. The van der Waals surface area contributed by atoms with Crippen LogP contribution in [0.15, 0.2) is 12.1 Å². The molecule has 3 atom stereocenters. The molecule has 0 aromatic heterocycles. The van der Waals surface area contributed by atoms with Crippen LogP contribution in [0.2, 0.25) is 0 Å². The zero-order chi connectivity index (χ0) is 20.5. The van der Waals surface area contributed by atoms with Crippen LogP contribution < -0.4 is 4.74 Å². The number of fused-ring (bicyclic) bond motifs is 3. The summed E-state index contributed by atoms with van der Waals surface area (Å²) in [6.07, 6.45) is 9.18.